The summed E-state index contributed by atoms with van der Waals surface area (Å²) < 4.78 is 25.5. The molecule has 27 heavy (non-hydrogen) atoms. The molecule has 0 unspecified atom stereocenters. The second-order valence-electron chi connectivity index (χ2n) is 6.02. The van der Waals surface area contributed by atoms with E-state index in [9.17, 15) is 28.1 Å². The van der Waals surface area contributed by atoms with Crippen LogP contribution in [0.1, 0.15) is 21.5 Å². The maximum atomic E-state index is 12.5. The quantitative estimate of drug-likeness (QED) is 0.629. The Labute approximate surface area is 154 Å². The minimum atomic E-state index is -4.14. The number of benzene rings is 2. The van der Waals surface area contributed by atoms with Crippen molar-refractivity contribution < 1.29 is 22.9 Å². The number of hydrogen-bond acceptors (Lipinski definition) is 6. The van der Waals surface area contributed by atoms with Crippen molar-refractivity contribution in [2.24, 2.45) is 0 Å². The fraction of sp³-hybridized carbons (Fsp3) is 0.176. The molecule has 2 aromatic rings. The highest BCUT2D eigenvalue weighted by atomic mass is 32.2. The maximum Gasteiger partial charge on any atom is 0.293 e. The van der Waals surface area contributed by atoms with Crippen LogP contribution in [0.4, 0.5) is 11.4 Å². The first-order valence-corrected chi connectivity index (χ1v) is 9.29. The molecule has 0 fully saturated rings. The molecular weight excluding hydrogens is 374 g/mol. The van der Waals surface area contributed by atoms with Gasteiger partial charge in [-0.2, -0.15) is 0 Å². The van der Waals surface area contributed by atoms with Crippen LogP contribution in [0.25, 0.3) is 0 Å². The summed E-state index contributed by atoms with van der Waals surface area (Å²) in [6, 6.07) is 8.46. The van der Waals surface area contributed by atoms with E-state index in [0.29, 0.717) is 15.4 Å². The largest absolute Gasteiger partial charge is 0.319 e. The maximum absolute atomic E-state index is 12.5. The topological polar surface area (TPSA) is 127 Å². The van der Waals surface area contributed by atoms with Crippen LogP contribution in [0.5, 0.6) is 0 Å². The average Bonchev–Trinajstić information content (AvgIpc) is 2.80. The minimum absolute atomic E-state index is 0.0111. The van der Waals surface area contributed by atoms with E-state index < -0.39 is 33.3 Å². The Morgan fingerprint density at radius 3 is 2.48 bits per heavy atom. The van der Waals surface area contributed by atoms with Crippen LogP contribution in [-0.4, -0.2) is 36.0 Å². The Morgan fingerprint density at radius 1 is 1.19 bits per heavy atom. The highest BCUT2D eigenvalue weighted by Gasteiger charge is 2.42. The normalized spacial score (nSPS) is 14.7. The second kappa shape index (κ2) is 6.47. The number of anilines is 1. The molecule has 140 valence electrons. The first-order valence-electron chi connectivity index (χ1n) is 7.85. The van der Waals surface area contributed by atoms with Gasteiger partial charge in [-0.1, -0.05) is 18.2 Å². The number of sulfonamides is 1. The van der Waals surface area contributed by atoms with Gasteiger partial charge in [0, 0.05) is 6.07 Å². The van der Waals surface area contributed by atoms with E-state index in [1.807, 2.05) is 0 Å². The van der Waals surface area contributed by atoms with Crippen LogP contribution < -0.4 is 5.32 Å². The number of amides is 2. The summed E-state index contributed by atoms with van der Waals surface area (Å²) >= 11 is 0. The van der Waals surface area contributed by atoms with Gasteiger partial charge in [-0.3, -0.25) is 19.7 Å². The van der Waals surface area contributed by atoms with E-state index in [1.54, 1.807) is 19.9 Å². The third kappa shape index (κ3) is 3.04. The highest BCUT2D eigenvalue weighted by Crippen LogP contribution is 2.32. The lowest BCUT2D eigenvalue weighted by molar-refractivity contribution is -0.384. The fourth-order valence-electron chi connectivity index (χ4n) is 2.81. The Morgan fingerprint density at radius 2 is 1.85 bits per heavy atom. The lowest BCUT2D eigenvalue weighted by Crippen LogP contribution is -2.37. The number of nitro benzene ring substituents is 1. The molecule has 3 rings (SSSR count). The van der Waals surface area contributed by atoms with Gasteiger partial charge in [0.25, 0.3) is 21.6 Å². The van der Waals surface area contributed by atoms with Gasteiger partial charge in [0.1, 0.15) is 17.1 Å². The van der Waals surface area contributed by atoms with E-state index in [2.05, 4.69) is 5.32 Å². The molecule has 0 spiro atoms. The molecule has 0 aromatic heterocycles. The van der Waals surface area contributed by atoms with Crippen LogP contribution in [0.3, 0.4) is 0 Å². The van der Waals surface area contributed by atoms with Gasteiger partial charge in [-0.15, -0.1) is 0 Å². The van der Waals surface area contributed by atoms with E-state index in [4.69, 9.17) is 0 Å². The van der Waals surface area contributed by atoms with Gasteiger partial charge in [-0.05, 0) is 37.1 Å². The first-order chi connectivity index (χ1) is 12.6. The zero-order valence-electron chi connectivity index (χ0n) is 14.4. The van der Waals surface area contributed by atoms with E-state index in [-0.39, 0.29) is 21.8 Å². The Balaban J connectivity index is 1.90. The monoisotopic (exact) mass is 389 g/mol. The number of carbonyl (C=O) groups is 2. The van der Waals surface area contributed by atoms with Crippen LogP contribution in [0, 0.1) is 24.0 Å². The molecule has 2 aromatic carbocycles. The number of hydrogen-bond donors (Lipinski definition) is 1. The van der Waals surface area contributed by atoms with Gasteiger partial charge in [-0.25, -0.2) is 12.7 Å². The van der Waals surface area contributed by atoms with Gasteiger partial charge >= 0.3 is 0 Å². The zero-order chi connectivity index (χ0) is 19.9. The average molecular weight is 389 g/mol. The molecule has 2 amide bonds. The molecule has 1 heterocycles. The van der Waals surface area contributed by atoms with Crippen molar-refractivity contribution in [2.75, 3.05) is 11.9 Å². The summed E-state index contributed by atoms with van der Waals surface area (Å²) in [7, 11) is -4.14. The molecule has 0 bridgehead atoms. The first kappa shape index (κ1) is 18.5. The van der Waals surface area contributed by atoms with Crippen LogP contribution in [0.15, 0.2) is 41.3 Å². The molecule has 10 heteroatoms. The summed E-state index contributed by atoms with van der Waals surface area (Å²) in [6.07, 6.45) is 0. The molecule has 0 aliphatic carbocycles. The number of rotatable bonds is 4. The van der Waals surface area contributed by atoms with Crippen molar-refractivity contribution in [3.8, 4) is 0 Å². The Hall–Kier alpha value is -3.27. The smallest absolute Gasteiger partial charge is 0.293 e. The van der Waals surface area contributed by atoms with Crippen LogP contribution in [-0.2, 0) is 14.8 Å². The standard InChI is InChI=1S/C17H15N3O6S/c1-10-7-8-13(20(23)24)16(11(10)2)18-15(21)9-19-17(22)12-5-3-4-6-14(12)27(19,25)26/h3-8H,9H2,1-2H3,(H,18,21). The summed E-state index contributed by atoms with van der Waals surface area (Å²) in [4.78, 5) is 35.2. The molecular formula is C17H15N3O6S. The van der Waals surface area contributed by atoms with Gasteiger partial charge in [0.15, 0.2) is 0 Å². The molecule has 9 nitrogen and oxygen atoms in total. The lowest BCUT2D eigenvalue weighted by atomic mass is 10.1. The number of fused-ring (bicyclic) bond motifs is 1. The highest BCUT2D eigenvalue weighted by molar-refractivity contribution is 7.90. The molecule has 1 aliphatic heterocycles. The number of nitrogens with one attached hydrogen (secondary N) is 1. The SMILES string of the molecule is Cc1ccc([N+](=O)[O-])c(NC(=O)CN2C(=O)c3ccccc3S2(=O)=O)c1C. The van der Waals surface area contributed by atoms with Gasteiger partial charge < -0.3 is 5.32 Å². The van der Waals surface area contributed by atoms with Crippen molar-refractivity contribution in [1.29, 1.82) is 0 Å². The Bertz CT molecular complexity index is 1090. The van der Waals surface area contributed by atoms with Crippen molar-refractivity contribution in [3.63, 3.8) is 0 Å². The van der Waals surface area contributed by atoms with Gasteiger partial charge in [0.05, 0.1) is 10.5 Å². The number of nitrogens with zero attached hydrogens (tertiary/aromatic N) is 2. The second-order valence-corrected chi connectivity index (χ2v) is 7.85. The molecule has 1 N–H and O–H groups in total. The number of carbonyl (C=O) groups excluding carboxylic acids is 2. The lowest BCUT2D eigenvalue weighted by Gasteiger charge is -2.16. The van der Waals surface area contributed by atoms with Crippen molar-refractivity contribution in [2.45, 2.75) is 18.7 Å². The summed E-state index contributed by atoms with van der Waals surface area (Å²) in [5.41, 5.74) is 0.851. The molecule has 1 aliphatic rings. The molecule has 0 atom stereocenters. The predicted octanol–water partition coefficient (Wildman–Crippen LogP) is 1.99. The van der Waals surface area contributed by atoms with Crippen molar-refractivity contribution >= 4 is 33.2 Å². The van der Waals surface area contributed by atoms with E-state index in [1.165, 1.54) is 30.3 Å². The van der Waals surface area contributed by atoms with Gasteiger partial charge in [0.2, 0.25) is 5.91 Å². The summed E-state index contributed by atoms with van der Waals surface area (Å²) in [5.74, 6) is -1.66. The summed E-state index contributed by atoms with van der Waals surface area (Å²) in [5, 5.41) is 13.6. The molecule has 0 saturated carbocycles. The third-order valence-electron chi connectivity index (χ3n) is 4.37. The van der Waals surface area contributed by atoms with E-state index in [0.717, 1.165) is 0 Å². The minimum Gasteiger partial charge on any atom is -0.319 e. The molecule has 0 radical (unpaired) electrons. The Kier molecular flexibility index (Phi) is 4.44. The number of aryl methyl sites for hydroxylation is 1. The number of nitro groups is 1. The van der Waals surface area contributed by atoms with E-state index >= 15 is 0 Å². The zero-order valence-corrected chi connectivity index (χ0v) is 15.2. The summed E-state index contributed by atoms with van der Waals surface area (Å²) in [6.45, 7) is 2.55. The van der Waals surface area contributed by atoms with Crippen molar-refractivity contribution in [1.82, 2.24) is 4.31 Å². The van der Waals surface area contributed by atoms with Crippen molar-refractivity contribution in [3.05, 3.63) is 63.2 Å². The molecule has 0 saturated heterocycles. The van der Waals surface area contributed by atoms with Crippen LogP contribution in [0.2, 0.25) is 0 Å². The van der Waals surface area contributed by atoms with Crippen LogP contribution >= 0.6 is 0 Å². The predicted molar refractivity (Wildman–Crippen MR) is 95.9 cm³/mol. The fourth-order valence-corrected chi connectivity index (χ4v) is 4.33. The third-order valence-corrected chi connectivity index (χ3v) is 6.16.